The van der Waals surface area contributed by atoms with Gasteiger partial charge in [0.2, 0.25) is 5.91 Å². The van der Waals surface area contributed by atoms with Crippen molar-refractivity contribution in [3.63, 3.8) is 0 Å². The van der Waals surface area contributed by atoms with Crippen LogP contribution in [0.1, 0.15) is 61.4 Å². The van der Waals surface area contributed by atoms with Crippen molar-refractivity contribution in [3.8, 4) is 0 Å². The minimum atomic E-state index is -1.65. The van der Waals surface area contributed by atoms with Crippen molar-refractivity contribution >= 4 is 34.4 Å². The number of likely N-dealkylation sites (tertiary alicyclic amines) is 1. The predicted molar refractivity (Wildman–Crippen MR) is 135 cm³/mol. The molecule has 0 spiro atoms. The van der Waals surface area contributed by atoms with Crippen molar-refractivity contribution < 1.29 is 13.8 Å². The number of nitrogens with zero attached hydrogens (tertiary/aromatic N) is 1. The summed E-state index contributed by atoms with van der Waals surface area (Å²) in [4.78, 5) is 28.8. The lowest BCUT2D eigenvalue weighted by Gasteiger charge is -2.45. The Kier molecular flexibility index (Phi) is 7.45. The first kappa shape index (κ1) is 24.9. The van der Waals surface area contributed by atoms with E-state index in [0.29, 0.717) is 29.5 Å². The van der Waals surface area contributed by atoms with Crippen molar-refractivity contribution in [2.75, 3.05) is 13.1 Å². The molecule has 1 aliphatic carbocycles. The maximum absolute atomic E-state index is 13.5. The molecule has 4 unspecified atom stereocenters. The zero-order chi connectivity index (χ0) is 24.5. The highest BCUT2D eigenvalue weighted by Gasteiger charge is 2.42. The number of nitrogens with two attached hydrogens (primary N) is 1. The van der Waals surface area contributed by atoms with E-state index in [1.54, 1.807) is 24.3 Å². The molecule has 2 aromatic carbocycles. The second-order valence-corrected chi connectivity index (χ2v) is 11.6. The third-order valence-electron chi connectivity index (χ3n) is 7.29. The maximum atomic E-state index is 13.5. The Labute approximate surface area is 208 Å². The molecule has 4 atom stereocenters. The maximum Gasteiger partial charge on any atom is 0.251 e. The Morgan fingerprint density at radius 1 is 1.12 bits per heavy atom. The zero-order valence-corrected chi connectivity index (χ0v) is 21.2. The molecule has 2 amide bonds. The summed E-state index contributed by atoms with van der Waals surface area (Å²) in [5, 5.41) is 9.23. The van der Waals surface area contributed by atoms with Crippen LogP contribution in [0.15, 0.2) is 53.4 Å². The topological polar surface area (TPSA) is 92.5 Å². The highest BCUT2D eigenvalue weighted by molar-refractivity contribution is 7.82. The molecule has 182 valence electrons. The Bertz CT molecular complexity index is 1090. The van der Waals surface area contributed by atoms with Gasteiger partial charge in [-0.1, -0.05) is 50.1 Å². The first-order valence-electron chi connectivity index (χ1n) is 11.8. The van der Waals surface area contributed by atoms with Gasteiger partial charge in [0, 0.05) is 29.7 Å². The minimum Gasteiger partial charge on any atom is -0.349 e. The average Bonchev–Trinajstić information content (AvgIpc) is 3.26. The van der Waals surface area contributed by atoms with Gasteiger partial charge in [-0.25, -0.2) is 9.35 Å². The van der Waals surface area contributed by atoms with Crippen LogP contribution in [0.2, 0.25) is 5.02 Å². The number of benzene rings is 2. The fourth-order valence-electron chi connectivity index (χ4n) is 5.53. The highest BCUT2D eigenvalue weighted by Crippen LogP contribution is 2.43. The Morgan fingerprint density at radius 3 is 2.53 bits per heavy atom. The monoisotopic (exact) mass is 501 g/mol. The summed E-state index contributed by atoms with van der Waals surface area (Å²) < 4.78 is 11.6. The third-order valence-corrected chi connectivity index (χ3v) is 8.26. The van der Waals surface area contributed by atoms with E-state index in [9.17, 15) is 13.8 Å². The molecule has 4 rings (SSSR count). The van der Waals surface area contributed by atoms with Crippen molar-refractivity contribution in [3.05, 3.63) is 64.7 Å². The van der Waals surface area contributed by atoms with Crippen LogP contribution >= 0.6 is 11.6 Å². The van der Waals surface area contributed by atoms with Gasteiger partial charge < -0.3 is 10.2 Å². The van der Waals surface area contributed by atoms with Gasteiger partial charge in [-0.3, -0.25) is 9.59 Å². The van der Waals surface area contributed by atoms with Gasteiger partial charge in [0.1, 0.15) is 11.0 Å². The number of carbonyl (C=O) groups excluding carboxylic acids is 2. The summed E-state index contributed by atoms with van der Waals surface area (Å²) in [5.74, 6) is -0.00654. The summed E-state index contributed by atoms with van der Waals surface area (Å²) in [6.45, 7) is 5.82. The lowest BCUT2D eigenvalue weighted by atomic mass is 9.70. The summed E-state index contributed by atoms with van der Waals surface area (Å²) in [5.41, 5.74) is 1.59. The molecule has 0 bridgehead atoms. The molecule has 0 radical (unpaired) electrons. The summed E-state index contributed by atoms with van der Waals surface area (Å²) >= 11 is 6.07. The minimum absolute atomic E-state index is 0.0720. The molecule has 0 aromatic heterocycles. The van der Waals surface area contributed by atoms with E-state index in [0.717, 1.165) is 30.7 Å². The predicted octanol–water partition coefficient (Wildman–Crippen LogP) is 4.26. The summed E-state index contributed by atoms with van der Waals surface area (Å²) in [6.07, 6.45) is 3.34. The fraction of sp³-hybridized carbons (Fsp3) is 0.462. The molecule has 1 aliphatic heterocycles. The van der Waals surface area contributed by atoms with Crippen molar-refractivity contribution in [1.82, 2.24) is 10.2 Å². The van der Waals surface area contributed by atoms with Gasteiger partial charge in [-0.15, -0.1) is 0 Å². The number of halogens is 1. The van der Waals surface area contributed by atoms with Crippen LogP contribution in [0.5, 0.6) is 0 Å². The number of amides is 2. The van der Waals surface area contributed by atoms with Crippen LogP contribution in [0.4, 0.5) is 0 Å². The number of piperidine rings is 1. The summed E-state index contributed by atoms with van der Waals surface area (Å²) in [7, 11) is -1.65. The van der Waals surface area contributed by atoms with Crippen LogP contribution < -0.4 is 10.5 Å². The fourth-order valence-corrected chi connectivity index (χ4v) is 6.12. The second-order valence-electron chi connectivity index (χ2n) is 10.1. The van der Waals surface area contributed by atoms with Crippen LogP contribution in [0.25, 0.3) is 0 Å². The van der Waals surface area contributed by atoms with E-state index in [1.807, 2.05) is 17.0 Å². The van der Waals surface area contributed by atoms with Crippen molar-refractivity contribution in [2.24, 2.45) is 16.5 Å². The summed E-state index contributed by atoms with van der Waals surface area (Å²) in [6, 6.07) is 14.3. The molecule has 1 saturated heterocycles. The highest BCUT2D eigenvalue weighted by atomic mass is 35.5. The van der Waals surface area contributed by atoms with E-state index in [-0.39, 0.29) is 29.2 Å². The van der Waals surface area contributed by atoms with E-state index in [4.69, 9.17) is 16.7 Å². The van der Waals surface area contributed by atoms with E-state index < -0.39 is 11.0 Å². The zero-order valence-electron chi connectivity index (χ0n) is 19.6. The third kappa shape index (κ3) is 5.37. The standard InChI is InChI=1S/C26H32ClN3O3S/c1-26(2)16-30(14-13-22(26)17-9-11-19(27)12-10-17)25(32)21-7-4-8-23(21)29-24(31)18-5-3-6-20(15-18)34(28)33/h3,5-6,9-12,15,21-23H,4,7-8,13-14,16,28H2,1-2H3,(H,29,31). The smallest absolute Gasteiger partial charge is 0.251 e. The first-order valence-corrected chi connectivity index (χ1v) is 13.4. The molecule has 2 aromatic rings. The molecular weight excluding hydrogens is 470 g/mol. The number of hydrogen-bond donors (Lipinski definition) is 2. The van der Waals surface area contributed by atoms with Crippen molar-refractivity contribution in [2.45, 2.75) is 56.4 Å². The van der Waals surface area contributed by atoms with E-state index >= 15 is 0 Å². The average molecular weight is 502 g/mol. The molecule has 6 nitrogen and oxygen atoms in total. The molecule has 1 saturated carbocycles. The molecule has 3 N–H and O–H groups in total. The van der Waals surface area contributed by atoms with Crippen LogP contribution in [0.3, 0.4) is 0 Å². The van der Waals surface area contributed by atoms with Crippen LogP contribution in [0, 0.1) is 11.3 Å². The van der Waals surface area contributed by atoms with Gasteiger partial charge >= 0.3 is 0 Å². The Morgan fingerprint density at radius 2 is 1.85 bits per heavy atom. The van der Waals surface area contributed by atoms with Crippen LogP contribution in [-0.4, -0.2) is 40.1 Å². The quantitative estimate of drug-likeness (QED) is 0.641. The van der Waals surface area contributed by atoms with Crippen molar-refractivity contribution in [1.29, 1.82) is 0 Å². The van der Waals surface area contributed by atoms with Gasteiger partial charge in [0.15, 0.2) is 0 Å². The Balaban J connectivity index is 1.42. The SMILES string of the molecule is CC1(C)CN(C(=O)C2CCCC2NC(=O)c2cccc(S(N)=O)c2)CCC1c1ccc(Cl)cc1. The van der Waals surface area contributed by atoms with Gasteiger partial charge in [0.25, 0.3) is 5.91 Å². The van der Waals surface area contributed by atoms with Crippen LogP contribution in [-0.2, 0) is 15.8 Å². The molecule has 8 heteroatoms. The van der Waals surface area contributed by atoms with E-state index in [1.165, 1.54) is 5.56 Å². The van der Waals surface area contributed by atoms with Gasteiger partial charge in [-0.2, -0.15) is 0 Å². The molecule has 2 fully saturated rings. The van der Waals surface area contributed by atoms with E-state index in [2.05, 4.69) is 31.3 Å². The number of carbonyl (C=O) groups is 2. The van der Waals surface area contributed by atoms with Gasteiger partial charge in [-0.05, 0) is 66.5 Å². The normalized spacial score (nSPS) is 25.1. The number of hydrogen-bond acceptors (Lipinski definition) is 3. The number of rotatable bonds is 5. The Hall–Kier alpha value is -2.22. The first-order chi connectivity index (χ1) is 16.2. The largest absolute Gasteiger partial charge is 0.349 e. The molecular formula is C26H32ClN3O3S. The molecule has 2 aliphatic rings. The second kappa shape index (κ2) is 10.2. The molecule has 34 heavy (non-hydrogen) atoms. The lowest BCUT2D eigenvalue weighted by Crippen LogP contribution is -2.52. The number of nitrogens with one attached hydrogen (secondary N) is 1. The molecule has 1 heterocycles. The lowest BCUT2D eigenvalue weighted by molar-refractivity contribution is -0.139. The van der Waals surface area contributed by atoms with Gasteiger partial charge in [0.05, 0.1) is 10.8 Å².